The lowest BCUT2D eigenvalue weighted by molar-refractivity contribution is -0.162. The van der Waals surface area contributed by atoms with Gasteiger partial charge in [0, 0.05) is 19.4 Å². The summed E-state index contributed by atoms with van der Waals surface area (Å²) in [6, 6.07) is 0. The minimum atomic E-state index is -0.579. The van der Waals surface area contributed by atoms with E-state index in [9.17, 15) is 9.59 Å². The van der Waals surface area contributed by atoms with Gasteiger partial charge in [0.1, 0.15) is 6.61 Å². The molecule has 0 saturated carbocycles. The van der Waals surface area contributed by atoms with E-state index in [2.05, 4.69) is 124 Å². The van der Waals surface area contributed by atoms with Crippen molar-refractivity contribution in [2.24, 2.45) is 0 Å². The molecule has 0 spiro atoms. The molecular formula is C61H102O5. The largest absolute Gasteiger partial charge is 0.462 e. The Morgan fingerprint density at radius 3 is 1.21 bits per heavy atom. The van der Waals surface area contributed by atoms with Gasteiger partial charge in [-0.15, -0.1) is 0 Å². The van der Waals surface area contributed by atoms with E-state index in [0.29, 0.717) is 25.9 Å². The van der Waals surface area contributed by atoms with E-state index >= 15 is 0 Å². The predicted molar refractivity (Wildman–Crippen MR) is 288 cm³/mol. The number of carbonyl (C=O) groups excluding carboxylic acids is 2. The molecular weight excluding hydrogens is 813 g/mol. The Bertz CT molecular complexity index is 1310. The fraction of sp³-hybridized carbons (Fsp3) is 0.672. The van der Waals surface area contributed by atoms with Crippen molar-refractivity contribution in [3.8, 4) is 0 Å². The second kappa shape index (κ2) is 55.9. The van der Waals surface area contributed by atoms with Crippen molar-refractivity contribution in [3.63, 3.8) is 0 Å². The molecule has 0 fully saturated rings. The first-order chi connectivity index (χ1) is 32.6. The number of rotatable bonds is 49. The molecule has 0 N–H and O–H groups in total. The van der Waals surface area contributed by atoms with Crippen LogP contribution in [0.25, 0.3) is 0 Å². The lowest BCUT2D eigenvalue weighted by atomic mass is 10.1. The number of allylic oxidation sites excluding steroid dienone is 18. The number of hydrogen-bond acceptors (Lipinski definition) is 5. The van der Waals surface area contributed by atoms with Gasteiger partial charge in [-0.1, -0.05) is 226 Å². The Balaban J connectivity index is 4.34. The molecule has 0 bridgehead atoms. The zero-order valence-electron chi connectivity index (χ0n) is 43.2. The molecule has 0 aromatic carbocycles. The van der Waals surface area contributed by atoms with Crippen molar-refractivity contribution < 1.29 is 23.8 Å². The van der Waals surface area contributed by atoms with Crippen LogP contribution in [0.3, 0.4) is 0 Å². The van der Waals surface area contributed by atoms with Crippen LogP contribution >= 0.6 is 0 Å². The van der Waals surface area contributed by atoms with E-state index in [1.807, 2.05) is 6.08 Å². The van der Waals surface area contributed by atoms with Gasteiger partial charge in [-0.25, -0.2) is 0 Å². The molecule has 0 heterocycles. The summed E-state index contributed by atoms with van der Waals surface area (Å²) in [5.74, 6) is -0.510. The minimum absolute atomic E-state index is 0.0354. The van der Waals surface area contributed by atoms with Crippen molar-refractivity contribution in [1.29, 1.82) is 0 Å². The Morgan fingerprint density at radius 2 is 0.727 bits per heavy atom. The highest BCUT2D eigenvalue weighted by Crippen LogP contribution is 2.13. The number of esters is 2. The Hall–Kier alpha value is -3.44. The fourth-order valence-corrected chi connectivity index (χ4v) is 7.19. The summed E-state index contributed by atoms with van der Waals surface area (Å²) < 4.78 is 17.3. The average molecular weight is 915 g/mol. The molecule has 0 radical (unpaired) electrons. The van der Waals surface area contributed by atoms with Crippen molar-refractivity contribution in [2.75, 3.05) is 19.8 Å². The SMILES string of the molecule is CC/C=C\C/C=C\C/C=C\C/C=C\C/C=C\C/C=C\CCC(=O)OCC(COCCCCCCCCCCCC/C=C\C/C=C\CCCCC)OC(=O)CCCCCCC/C=C\CCCC. The topological polar surface area (TPSA) is 61.8 Å². The first kappa shape index (κ1) is 62.6. The molecule has 1 atom stereocenters. The van der Waals surface area contributed by atoms with Crippen molar-refractivity contribution in [2.45, 2.75) is 245 Å². The maximum Gasteiger partial charge on any atom is 0.306 e. The predicted octanol–water partition coefficient (Wildman–Crippen LogP) is 18.8. The highest BCUT2D eigenvalue weighted by atomic mass is 16.6. The summed E-state index contributed by atoms with van der Waals surface area (Å²) in [4.78, 5) is 25.4. The quantitative estimate of drug-likeness (QED) is 0.0346. The normalized spacial score (nSPS) is 13.1. The zero-order valence-corrected chi connectivity index (χ0v) is 43.2. The van der Waals surface area contributed by atoms with E-state index in [0.717, 1.165) is 83.5 Å². The van der Waals surface area contributed by atoms with Gasteiger partial charge in [0.25, 0.3) is 0 Å². The molecule has 0 aromatic heterocycles. The van der Waals surface area contributed by atoms with Gasteiger partial charge in [0.15, 0.2) is 6.10 Å². The van der Waals surface area contributed by atoms with Crippen molar-refractivity contribution in [1.82, 2.24) is 0 Å². The van der Waals surface area contributed by atoms with Gasteiger partial charge >= 0.3 is 11.9 Å². The smallest absolute Gasteiger partial charge is 0.306 e. The van der Waals surface area contributed by atoms with Crippen LogP contribution < -0.4 is 0 Å². The molecule has 5 nitrogen and oxygen atoms in total. The maximum absolute atomic E-state index is 12.8. The van der Waals surface area contributed by atoms with Crippen LogP contribution in [0.5, 0.6) is 0 Å². The molecule has 0 saturated heterocycles. The van der Waals surface area contributed by atoms with Crippen LogP contribution in [-0.4, -0.2) is 37.9 Å². The molecule has 0 aliphatic heterocycles. The molecule has 0 aromatic rings. The third-order valence-electron chi connectivity index (χ3n) is 11.3. The van der Waals surface area contributed by atoms with E-state index in [1.165, 1.54) is 116 Å². The molecule has 0 aliphatic carbocycles. The van der Waals surface area contributed by atoms with Crippen LogP contribution in [0, 0.1) is 0 Å². The number of hydrogen-bond donors (Lipinski definition) is 0. The van der Waals surface area contributed by atoms with Crippen LogP contribution in [0.4, 0.5) is 0 Å². The Kier molecular flexibility index (Phi) is 53.0. The lowest BCUT2D eigenvalue weighted by Crippen LogP contribution is -2.30. The van der Waals surface area contributed by atoms with Crippen LogP contribution in [0.2, 0.25) is 0 Å². The van der Waals surface area contributed by atoms with Gasteiger partial charge in [0.05, 0.1) is 6.61 Å². The second-order valence-corrected chi connectivity index (χ2v) is 17.7. The van der Waals surface area contributed by atoms with Gasteiger partial charge in [-0.2, -0.15) is 0 Å². The van der Waals surface area contributed by atoms with E-state index < -0.39 is 6.10 Å². The third-order valence-corrected chi connectivity index (χ3v) is 11.3. The molecule has 1 unspecified atom stereocenters. The van der Waals surface area contributed by atoms with Gasteiger partial charge in [-0.05, 0) is 109 Å². The molecule has 0 rings (SSSR count). The minimum Gasteiger partial charge on any atom is -0.462 e. The second-order valence-electron chi connectivity index (χ2n) is 17.7. The van der Waals surface area contributed by atoms with Gasteiger partial charge in [-0.3, -0.25) is 9.59 Å². The molecule has 5 heteroatoms. The summed E-state index contributed by atoms with van der Waals surface area (Å²) in [6.45, 7) is 7.56. The van der Waals surface area contributed by atoms with E-state index in [1.54, 1.807) is 0 Å². The highest BCUT2D eigenvalue weighted by molar-refractivity contribution is 5.70. The number of carbonyl (C=O) groups is 2. The Morgan fingerprint density at radius 1 is 0.348 bits per heavy atom. The van der Waals surface area contributed by atoms with Gasteiger partial charge < -0.3 is 14.2 Å². The monoisotopic (exact) mass is 915 g/mol. The number of ether oxygens (including phenoxy) is 3. The molecule has 0 aliphatic rings. The molecule has 376 valence electrons. The van der Waals surface area contributed by atoms with Crippen LogP contribution in [-0.2, 0) is 23.8 Å². The summed E-state index contributed by atoms with van der Waals surface area (Å²) in [5.41, 5.74) is 0. The fourth-order valence-electron chi connectivity index (χ4n) is 7.19. The average Bonchev–Trinajstić information content (AvgIpc) is 3.32. The Labute approximate surface area is 408 Å². The summed E-state index contributed by atoms with van der Waals surface area (Å²) in [6.07, 6.45) is 76.9. The summed E-state index contributed by atoms with van der Waals surface area (Å²) in [5, 5.41) is 0. The number of unbranched alkanes of at least 4 members (excludes halogenated alkanes) is 20. The van der Waals surface area contributed by atoms with Crippen molar-refractivity contribution in [3.05, 3.63) is 109 Å². The standard InChI is InChI=1S/C61H102O5/c1-4-7-10-13-16-19-22-24-26-28-30-32-34-36-38-41-44-47-50-53-56-64-57-59(66-61(63)55-52-49-46-43-39-21-18-15-12-9-6-3)58-65-60(62)54-51-48-45-42-40-37-35-33-31-29-27-25-23-20-17-14-11-8-5-2/h8,11,15-20,24-27,31,33,37,40,45,48,59H,4-7,9-10,12-14,21-23,28-30,32,34-36,38-39,41-44,46-47,49-58H2,1-3H3/b11-8-,18-15-,19-16-,20-17-,26-24-,27-25-,33-31-,40-37-,48-45-. The van der Waals surface area contributed by atoms with E-state index in [4.69, 9.17) is 14.2 Å². The molecule has 0 amide bonds. The van der Waals surface area contributed by atoms with Crippen LogP contribution in [0.1, 0.15) is 239 Å². The molecule has 66 heavy (non-hydrogen) atoms. The van der Waals surface area contributed by atoms with Gasteiger partial charge in [0.2, 0.25) is 0 Å². The van der Waals surface area contributed by atoms with Crippen molar-refractivity contribution >= 4 is 11.9 Å². The van der Waals surface area contributed by atoms with Crippen LogP contribution in [0.15, 0.2) is 109 Å². The highest BCUT2D eigenvalue weighted by Gasteiger charge is 2.17. The van der Waals surface area contributed by atoms with E-state index in [-0.39, 0.29) is 25.2 Å². The first-order valence-electron chi connectivity index (χ1n) is 27.4. The maximum atomic E-state index is 12.8. The third kappa shape index (κ3) is 53.2. The first-order valence-corrected chi connectivity index (χ1v) is 27.4. The lowest BCUT2D eigenvalue weighted by Gasteiger charge is -2.18. The summed E-state index contributed by atoms with van der Waals surface area (Å²) in [7, 11) is 0. The summed E-state index contributed by atoms with van der Waals surface area (Å²) >= 11 is 0. The zero-order chi connectivity index (χ0) is 47.7.